The molecule has 2 aromatic heterocycles. The van der Waals surface area contributed by atoms with Crippen molar-refractivity contribution in [3.8, 4) is 22.6 Å². The zero-order chi connectivity index (χ0) is 13.4. The lowest BCUT2D eigenvalue weighted by molar-refractivity contribution is 1.10. The Morgan fingerprint density at radius 3 is 2.65 bits per heavy atom. The Morgan fingerprint density at radius 2 is 1.85 bits per heavy atom. The van der Waals surface area contributed by atoms with Gasteiger partial charge in [-0.05, 0) is 24.3 Å². The molecule has 5 nitrogen and oxygen atoms in total. The topological polar surface area (TPSA) is 70.2 Å². The van der Waals surface area contributed by atoms with Gasteiger partial charge in [-0.25, -0.2) is 4.98 Å². The molecule has 1 radical (unpaired) electrons. The van der Waals surface area contributed by atoms with Gasteiger partial charge in [-0.15, -0.1) is 0 Å². The fourth-order valence-corrected chi connectivity index (χ4v) is 2.27. The number of hydrogen-bond acceptors (Lipinski definition) is 3. The van der Waals surface area contributed by atoms with Crippen LogP contribution in [-0.2, 0) is 0 Å². The summed E-state index contributed by atoms with van der Waals surface area (Å²) in [7, 11) is 0. The molecule has 4 aromatic rings. The molecule has 0 bridgehead atoms. The van der Waals surface area contributed by atoms with E-state index in [-0.39, 0.29) is 0 Å². The zero-order valence-corrected chi connectivity index (χ0v) is 10.5. The highest BCUT2D eigenvalue weighted by molar-refractivity contribution is 5.95. The van der Waals surface area contributed by atoms with Gasteiger partial charge in [0, 0.05) is 16.5 Å². The van der Waals surface area contributed by atoms with Crippen molar-refractivity contribution in [3.63, 3.8) is 0 Å². The third-order valence-corrected chi connectivity index (χ3v) is 3.23. The van der Waals surface area contributed by atoms with Crippen LogP contribution in [0.25, 0.3) is 33.5 Å². The average molecular weight is 260 g/mol. The summed E-state index contributed by atoms with van der Waals surface area (Å²) in [6.45, 7) is 0. The summed E-state index contributed by atoms with van der Waals surface area (Å²) in [5, 5.41) is 15.3. The lowest BCUT2D eigenvalue weighted by Gasteiger charge is -1.99. The van der Waals surface area contributed by atoms with Crippen molar-refractivity contribution < 1.29 is 0 Å². The van der Waals surface area contributed by atoms with E-state index in [9.17, 15) is 0 Å². The van der Waals surface area contributed by atoms with E-state index in [1.165, 1.54) is 0 Å². The van der Waals surface area contributed by atoms with Crippen LogP contribution < -0.4 is 0 Å². The van der Waals surface area contributed by atoms with Crippen molar-refractivity contribution in [1.29, 1.82) is 0 Å². The highest BCUT2D eigenvalue weighted by atomic mass is 15.2. The standard InChI is InChI=1S/C15H10N5/c1-2-4-10(5-3-1)14-12-8-11(15-16-9-17-20-15)6-7-13(12)18-19-14/h2-9H,(H,18,19)(H,16,17,20). The highest BCUT2D eigenvalue weighted by Gasteiger charge is 2.10. The lowest BCUT2D eigenvalue weighted by Crippen LogP contribution is -1.82. The van der Waals surface area contributed by atoms with E-state index in [4.69, 9.17) is 0 Å². The van der Waals surface area contributed by atoms with E-state index in [1.807, 2.05) is 42.5 Å². The number of H-pyrrole nitrogens is 2. The van der Waals surface area contributed by atoms with Crippen molar-refractivity contribution in [2.24, 2.45) is 0 Å². The van der Waals surface area contributed by atoms with Gasteiger partial charge in [-0.1, -0.05) is 24.3 Å². The summed E-state index contributed by atoms with van der Waals surface area (Å²) < 4.78 is 0. The Labute approximate surface area is 114 Å². The molecule has 2 N–H and O–H groups in total. The van der Waals surface area contributed by atoms with E-state index >= 15 is 0 Å². The second kappa shape index (κ2) is 4.31. The number of rotatable bonds is 2. The predicted molar refractivity (Wildman–Crippen MR) is 75.7 cm³/mol. The molecule has 0 atom stereocenters. The lowest BCUT2D eigenvalue weighted by atomic mass is 10.1. The highest BCUT2D eigenvalue weighted by Crippen LogP contribution is 2.28. The molecule has 4 rings (SSSR count). The van der Waals surface area contributed by atoms with Gasteiger partial charge in [0.15, 0.2) is 5.82 Å². The first-order chi connectivity index (χ1) is 9.92. The summed E-state index contributed by atoms with van der Waals surface area (Å²) in [4.78, 5) is 4.18. The van der Waals surface area contributed by atoms with Crippen molar-refractivity contribution >= 4 is 10.9 Å². The average Bonchev–Trinajstić information content (AvgIpc) is 3.17. The van der Waals surface area contributed by atoms with Crippen LogP contribution in [0.1, 0.15) is 0 Å². The molecular formula is C15H10N5. The summed E-state index contributed by atoms with van der Waals surface area (Å²) in [5.74, 6) is 0.681. The van der Waals surface area contributed by atoms with Crippen LogP contribution >= 0.6 is 0 Å². The Balaban J connectivity index is 1.93. The second-order valence-corrected chi connectivity index (χ2v) is 4.44. The minimum absolute atomic E-state index is 0.681. The van der Waals surface area contributed by atoms with E-state index < -0.39 is 0 Å². The smallest absolute Gasteiger partial charge is 0.180 e. The molecule has 0 aliphatic carbocycles. The van der Waals surface area contributed by atoms with Gasteiger partial charge in [-0.2, -0.15) is 10.2 Å². The number of fused-ring (bicyclic) bond motifs is 1. The van der Waals surface area contributed by atoms with Crippen molar-refractivity contribution in [3.05, 3.63) is 54.9 Å². The summed E-state index contributed by atoms with van der Waals surface area (Å²) in [5.41, 5.74) is 3.93. The van der Waals surface area contributed by atoms with Gasteiger partial charge in [0.1, 0.15) is 6.33 Å². The minimum Gasteiger partial charge on any atom is -0.277 e. The summed E-state index contributed by atoms with van der Waals surface area (Å²) >= 11 is 0. The molecule has 2 aromatic carbocycles. The third-order valence-electron chi connectivity index (χ3n) is 3.23. The number of nitrogens with one attached hydrogen (secondary N) is 2. The molecule has 0 saturated heterocycles. The zero-order valence-electron chi connectivity index (χ0n) is 10.5. The SMILES string of the molecule is [c]1ccc(-c2n[nH]c3ccc(-c4nc[nH]n4)cc23)cc1. The molecule has 2 heterocycles. The first-order valence-corrected chi connectivity index (χ1v) is 6.22. The number of aromatic nitrogens is 5. The monoisotopic (exact) mass is 260 g/mol. The van der Waals surface area contributed by atoms with Gasteiger partial charge in [0.2, 0.25) is 0 Å². The van der Waals surface area contributed by atoms with Gasteiger partial charge in [0.25, 0.3) is 0 Å². The molecule has 0 spiro atoms. The Hall–Kier alpha value is -2.95. The molecular weight excluding hydrogens is 250 g/mol. The van der Waals surface area contributed by atoms with Gasteiger partial charge < -0.3 is 0 Å². The normalized spacial score (nSPS) is 11.0. The number of nitrogens with zero attached hydrogens (tertiary/aromatic N) is 3. The Kier molecular flexibility index (Phi) is 2.35. The number of benzene rings is 2. The van der Waals surface area contributed by atoms with Crippen molar-refractivity contribution in [1.82, 2.24) is 25.4 Å². The second-order valence-electron chi connectivity index (χ2n) is 4.44. The number of hydrogen-bond donors (Lipinski definition) is 2. The van der Waals surface area contributed by atoms with Crippen LogP contribution in [-0.4, -0.2) is 25.4 Å². The van der Waals surface area contributed by atoms with Crippen LogP contribution in [0.5, 0.6) is 0 Å². The van der Waals surface area contributed by atoms with E-state index in [2.05, 4.69) is 31.4 Å². The van der Waals surface area contributed by atoms with Crippen LogP contribution in [0.4, 0.5) is 0 Å². The summed E-state index contributed by atoms with van der Waals surface area (Å²) in [6.07, 6.45) is 1.57. The third kappa shape index (κ3) is 1.68. The molecule has 0 fully saturated rings. The van der Waals surface area contributed by atoms with Gasteiger partial charge in [0.05, 0.1) is 11.2 Å². The van der Waals surface area contributed by atoms with Crippen LogP contribution in [0.3, 0.4) is 0 Å². The predicted octanol–water partition coefficient (Wildman–Crippen LogP) is 2.82. The van der Waals surface area contributed by atoms with E-state index in [0.717, 1.165) is 27.7 Å². The minimum atomic E-state index is 0.681. The maximum Gasteiger partial charge on any atom is 0.180 e. The quantitative estimate of drug-likeness (QED) is 0.582. The Bertz CT molecular complexity index is 847. The molecule has 5 heteroatoms. The summed E-state index contributed by atoms with van der Waals surface area (Å²) in [6, 6.07) is 16.8. The molecule has 0 amide bonds. The fourth-order valence-electron chi connectivity index (χ4n) is 2.27. The molecule has 95 valence electrons. The van der Waals surface area contributed by atoms with E-state index in [1.54, 1.807) is 6.33 Å². The molecule has 0 aliphatic rings. The Morgan fingerprint density at radius 1 is 0.950 bits per heavy atom. The first kappa shape index (κ1) is 10.9. The molecule has 0 aliphatic heterocycles. The van der Waals surface area contributed by atoms with Crippen molar-refractivity contribution in [2.45, 2.75) is 0 Å². The molecule has 20 heavy (non-hydrogen) atoms. The van der Waals surface area contributed by atoms with E-state index in [0.29, 0.717) is 5.82 Å². The first-order valence-electron chi connectivity index (χ1n) is 6.22. The molecule has 0 saturated carbocycles. The molecule has 0 unspecified atom stereocenters. The van der Waals surface area contributed by atoms with Crippen molar-refractivity contribution in [2.75, 3.05) is 0 Å². The van der Waals surface area contributed by atoms with Gasteiger partial charge >= 0.3 is 0 Å². The number of aromatic amines is 2. The van der Waals surface area contributed by atoms with Crippen LogP contribution in [0, 0.1) is 6.07 Å². The fraction of sp³-hybridized carbons (Fsp3) is 0. The maximum absolute atomic E-state index is 4.40. The maximum atomic E-state index is 4.40. The van der Waals surface area contributed by atoms with Crippen LogP contribution in [0.15, 0.2) is 48.8 Å². The largest absolute Gasteiger partial charge is 0.277 e. The van der Waals surface area contributed by atoms with Gasteiger partial charge in [-0.3, -0.25) is 10.2 Å². The van der Waals surface area contributed by atoms with Crippen LogP contribution in [0.2, 0.25) is 0 Å².